The summed E-state index contributed by atoms with van der Waals surface area (Å²) in [4.78, 5) is 26.4. The Balaban J connectivity index is 1.94. The third kappa shape index (κ3) is 3.36. The molecule has 0 saturated heterocycles. The van der Waals surface area contributed by atoms with E-state index in [2.05, 4.69) is 27.9 Å². The maximum absolute atomic E-state index is 12.8. The SMILES string of the molecule is COc1ccc(N2C(=O)C(Cl)=C(Nc3ccc(I)cc3)C2=O)c(OC)c1. The topological polar surface area (TPSA) is 67.9 Å². The molecule has 1 N–H and O–H groups in total. The van der Waals surface area contributed by atoms with Gasteiger partial charge in [-0.3, -0.25) is 9.59 Å². The molecule has 1 heterocycles. The minimum Gasteiger partial charge on any atom is -0.497 e. The van der Waals surface area contributed by atoms with Gasteiger partial charge in [0.1, 0.15) is 22.2 Å². The molecule has 0 aliphatic carbocycles. The van der Waals surface area contributed by atoms with Crippen LogP contribution in [0.25, 0.3) is 0 Å². The first kappa shape index (κ1) is 18.5. The van der Waals surface area contributed by atoms with Crippen LogP contribution in [-0.2, 0) is 9.59 Å². The van der Waals surface area contributed by atoms with Crippen LogP contribution in [0.4, 0.5) is 11.4 Å². The van der Waals surface area contributed by atoms with Crippen LogP contribution in [0.15, 0.2) is 53.2 Å². The van der Waals surface area contributed by atoms with Crippen molar-refractivity contribution in [2.24, 2.45) is 0 Å². The molecule has 2 amide bonds. The number of nitrogens with one attached hydrogen (secondary N) is 1. The van der Waals surface area contributed by atoms with Crippen molar-refractivity contribution in [2.75, 3.05) is 24.4 Å². The first-order chi connectivity index (χ1) is 12.5. The smallest absolute Gasteiger partial charge is 0.283 e. The van der Waals surface area contributed by atoms with E-state index in [0.717, 1.165) is 8.47 Å². The van der Waals surface area contributed by atoms with Gasteiger partial charge in [-0.15, -0.1) is 0 Å². The van der Waals surface area contributed by atoms with E-state index in [1.807, 2.05) is 12.1 Å². The van der Waals surface area contributed by atoms with E-state index in [1.165, 1.54) is 14.2 Å². The van der Waals surface area contributed by atoms with Crippen molar-refractivity contribution in [1.82, 2.24) is 0 Å². The van der Waals surface area contributed by atoms with E-state index < -0.39 is 11.8 Å². The number of rotatable bonds is 5. The molecule has 2 aromatic rings. The average molecular weight is 485 g/mol. The van der Waals surface area contributed by atoms with Gasteiger partial charge in [0.15, 0.2) is 0 Å². The number of methoxy groups -OCH3 is 2. The predicted molar refractivity (Wildman–Crippen MR) is 108 cm³/mol. The van der Waals surface area contributed by atoms with Crippen LogP contribution in [0.2, 0.25) is 0 Å². The number of imide groups is 1. The highest BCUT2D eigenvalue weighted by Crippen LogP contribution is 2.37. The lowest BCUT2D eigenvalue weighted by molar-refractivity contribution is -0.120. The predicted octanol–water partition coefficient (Wildman–Crippen LogP) is 3.74. The zero-order valence-electron chi connectivity index (χ0n) is 13.9. The molecular weight excluding hydrogens is 471 g/mol. The minimum atomic E-state index is -0.617. The number of benzene rings is 2. The third-order valence-corrected chi connectivity index (χ3v) is 4.84. The van der Waals surface area contributed by atoms with Gasteiger partial charge >= 0.3 is 0 Å². The van der Waals surface area contributed by atoms with Gasteiger partial charge in [0.25, 0.3) is 11.8 Å². The summed E-state index contributed by atoms with van der Waals surface area (Å²) in [6.45, 7) is 0. The number of amides is 2. The van der Waals surface area contributed by atoms with Gasteiger partial charge in [-0.1, -0.05) is 11.6 Å². The fourth-order valence-electron chi connectivity index (χ4n) is 2.48. The zero-order valence-corrected chi connectivity index (χ0v) is 16.8. The van der Waals surface area contributed by atoms with Crippen molar-refractivity contribution in [3.8, 4) is 11.5 Å². The van der Waals surface area contributed by atoms with E-state index in [1.54, 1.807) is 30.3 Å². The fraction of sp³-hybridized carbons (Fsp3) is 0.111. The minimum absolute atomic E-state index is 0.0238. The second-order valence-corrected chi connectivity index (χ2v) is 6.93. The highest BCUT2D eigenvalue weighted by molar-refractivity contribution is 14.1. The number of carbonyl (C=O) groups excluding carboxylic acids is 2. The lowest BCUT2D eigenvalue weighted by Gasteiger charge is -2.18. The van der Waals surface area contributed by atoms with Crippen molar-refractivity contribution >= 4 is 57.4 Å². The molecular formula is C18H14ClIN2O4. The number of anilines is 2. The third-order valence-electron chi connectivity index (χ3n) is 3.77. The summed E-state index contributed by atoms with van der Waals surface area (Å²) in [5, 5.41) is 2.75. The van der Waals surface area contributed by atoms with Gasteiger partial charge in [0.05, 0.1) is 19.9 Å². The Labute approximate surface area is 168 Å². The molecule has 0 unspecified atom stereocenters. The van der Waals surface area contributed by atoms with Crippen molar-refractivity contribution in [1.29, 1.82) is 0 Å². The summed E-state index contributed by atoms with van der Waals surface area (Å²) < 4.78 is 11.5. The number of halogens is 2. The van der Waals surface area contributed by atoms with Gasteiger partial charge < -0.3 is 14.8 Å². The Kier molecular flexibility index (Phi) is 5.38. The van der Waals surface area contributed by atoms with Gasteiger partial charge in [-0.2, -0.15) is 0 Å². The van der Waals surface area contributed by atoms with Crippen molar-refractivity contribution in [3.63, 3.8) is 0 Å². The summed E-state index contributed by atoms with van der Waals surface area (Å²) in [7, 11) is 2.96. The van der Waals surface area contributed by atoms with Crippen LogP contribution in [0.5, 0.6) is 11.5 Å². The molecule has 0 radical (unpaired) electrons. The Hall–Kier alpha value is -2.26. The summed E-state index contributed by atoms with van der Waals surface area (Å²) in [5.41, 5.74) is 0.972. The van der Waals surface area contributed by atoms with Gasteiger partial charge in [0, 0.05) is 15.3 Å². The summed E-state index contributed by atoms with van der Waals surface area (Å²) in [5.74, 6) is -0.304. The van der Waals surface area contributed by atoms with E-state index in [0.29, 0.717) is 22.9 Å². The van der Waals surface area contributed by atoms with Crippen molar-refractivity contribution in [2.45, 2.75) is 0 Å². The number of carbonyl (C=O) groups is 2. The van der Waals surface area contributed by atoms with Crippen LogP contribution in [0.3, 0.4) is 0 Å². The molecule has 26 heavy (non-hydrogen) atoms. The highest BCUT2D eigenvalue weighted by atomic mass is 127. The number of nitrogens with zero attached hydrogens (tertiary/aromatic N) is 1. The lowest BCUT2D eigenvalue weighted by Crippen LogP contribution is -2.32. The maximum Gasteiger partial charge on any atom is 0.283 e. The second kappa shape index (κ2) is 7.55. The molecule has 0 aromatic heterocycles. The molecule has 8 heteroatoms. The van der Waals surface area contributed by atoms with E-state index in [4.69, 9.17) is 21.1 Å². The second-order valence-electron chi connectivity index (χ2n) is 5.30. The molecule has 0 spiro atoms. The van der Waals surface area contributed by atoms with E-state index >= 15 is 0 Å². The molecule has 0 atom stereocenters. The molecule has 0 fully saturated rings. The molecule has 0 bridgehead atoms. The van der Waals surface area contributed by atoms with E-state index in [-0.39, 0.29) is 10.7 Å². The maximum atomic E-state index is 12.8. The van der Waals surface area contributed by atoms with Crippen molar-refractivity contribution in [3.05, 3.63) is 56.8 Å². The van der Waals surface area contributed by atoms with Crippen molar-refractivity contribution < 1.29 is 19.1 Å². The quantitative estimate of drug-likeness (QED) is 0.517. The number of hydrogen-bond donors (Lipinski definition) is 1. The Bertz CT molecular complexity index is 912. The Morgan fingerprint density at radius 2 is 1.69 bits per heavy atom. The number of hydrogen-bond acceptors (Lipinski definition) is 5. The van der Waals surface area contributed by atoms with Crippen LogP contribution in [0.1, 0.15) is 0 Å². The molecule has 0 saturated carbocycles. The Morgan fingerprint density at radius 1 is 1.00 bits per heavy atom. The highest BCUT2D eigenvalue weighted by Gasteiger charge is 2.40. The van der Waals surface area contributed by atoms with Gasteiger partial charge in [-0.25, -0.2) is 4.90 Å². The summed E-state index contributed by atoms with van der Waals surface area (Å²) in [6.07, 6.45) is 0. The molecule has 6 nitrogen and oxygen atoms in total. The summed E-state index contributed by atoms with van der Waals surface area (Å²) in [6, 6.07) is 12.2. The average Bonchev–Trinajstić information content (AvgIpc) is 2.86. The van der Waals surface area contributed by atoms with Crippen LogP contribution in [-0.4, -0.2) is 26.0 Å². The first-order valence-electron chi connectivity index (χ1n) is 7.49. The van der Waals surface area contributed by atoms with Gasteiger partial charge in [-0.05, 0) is 59.0 Å². The van der Waals surface area contributed by atoms with Crippen LogP contribution >= 0.6 is 34.2 Å². The molecule has 2 aromatic carbocycles. The van der Waals surface area contributed by atoms with Crippen LogP contribution in [0, 0.1) is 3.57 Å². The first-order valence-corrected chi connectivity index (χ1v) is 8.95. The van der Waals surface area contributed by atoms with Gasteiger partial charge in [0.2, 0.25) is 0 Å². The Morgan fingerprint density at radius 3 is 2.31 bits per heavy atom. The fourth-order valence-corrected chi connectivity index (χ4v) is 3.05. The lowest BCUT2D eigenvalue weighted by atomic mass is 10.2. The number of ether oxygens (including phenoxy) is 2. The largest absolute Gasteiger partial charge is 0.497 e. The molecule has 1 aliphatic heterocycles. The zero-order chi connectivity index (χ0) is 18.8. The molecule has 1 aliphatic rings. The molecule has 3 rings (SSSR count). The van der Waals surface area contributed by atoms with E-state index in [9.17, 15) is 9.59 Å². The van der Waals surface area contributed by atoms with Crippen LogP contribution < -0.4 is 19.7 Å². The normalized spacial score (nSPS) is 14.1. The monoisotopic (exact) mass is 484 g/mol. The standard InChI is InChI=1S/C18H14ClIN2O4/c1-25-12-7-8-13(14(9-12)26-2)22-17(23)15(19)16(18(22)24)21-11-5-3-10(20)4-6-11/h3-9,21H,1-2H3. The summed E-state index contributed by atoms with van der Waals surface area (Å²) >= 11 is 8.32. The molecule has 134 valence electrons.